The van der Waals surface area contributed by atoms with Gasteiger partial charge in [-0.25, -0.2) is 0 Å². The highest BCUT2D eigenvalue weighted by Gasteiger charge is 2.26. The normalized spacial score (nSPS) is 23.7. The molecule has 1 N–H and O–H groups in total. The topological polar surface area (TPSA) is 15.3 Å². The smallest absolute Gasteiger partial charge is 0.0415 e. The molecule has 19 heavy (non-hydrogen) atoms. The van der Waals surface area contributed by atoms with Gasteiger partial charge in [0.15, 0.2) is 0 Å². The summed E-state index contributed by atoms with van der Waals surface area (Å²) in [6, 6.07) is 6.91. The molecule has 3 heteroatoms. The second-order valence-corrected chi connectivity index (χ2v) is 6.04. The predicted octanol–water partition coefficient (Wildman–Crippen LogP) is 4.07. The Hall–Kier alpha value is -0.730. The Kier molecular flexibility index (Phi) is 5.12. The fourth-order valence-corrected chi connectivity index (χ4v) is 3.11. The number of hydrogen-bond acceptors (Lipinski definition) is 2. The molecule has 1 fully saturated rings. The molecule has 2 nitrogen and oxygen atoms in total. The minimum atomic E-state index is 0.607. The summed E-state index contributed by atoms with van der Waals surface area (Å²) in [6.45, 7) is 9.87. The van der Waals surface area contributed by atoms with Crippen LogP contribution >= 0.6 is 11.6 Å². The van der Waals surface area contributed by atoms with Crippen LogP contribution in [0.2, 0.25) is 5.02 Å². The molecule has 1 aromatic rings. The Labute approximate surface area is 122 Å². The molecule has 2 atom stereocenters. The fraction of sp³-hybridized carbons (Fsp3) is 0.625. The van der Waals surface area contributed by atoms with Gasteiger partial charge in [0.2, 0.25) is 0 Å². The van der Waals surface area contributed by atoms with Crippen molar-refractivity contribution in [2.75, 3.05) is 18.0 Å². The van der Waals surface area contributed by atoms with Gasteiger partial charge in [-0.05, 0) is 56.0 Å². The Morgan fingerprint density at radius 2 is 2.16 bits per heavy atom. The van der Waals surface area contributed by atoms with Crippen LogP contribution in [0.15, 0.2) is 18.2 Å². The van der Waals surface area contributed by atoms with Gasteiger partial charge in [0.25, 0.3) is 0 Å². The van der Waals surface area contributed by atoms with Crippen molar-refractivity contribution in [1.29, 1.82) is 0 Å². The number of benzene rings is 1. The van der Waals surface area contributed by atoms with Crippen molar-refractivity contribution in [3.05, 3.63) is 28.8 Å². The van der Waals surface area contributed by atoms with Crippen LogP contribution in [0.25, 0.3) is 0 Å². The van der Waals surface area contributed by atoms with E-state index in [4.69, 9.17) is 11.6 Å². The largest absolute Gasteiger partial charge is 0.368 e. The molecule has 2 rings (SSSR count). The van der Waals surface area contributed by atoms with Crippen LogP contribution in [0.3, 0.4) is 0 Å². The third-order valence-electron chi connectivity index (χ3n) is 4.29. The SMILES string of the molecule is CCNCc1cc(Cl)ccc1N1CCCC(C)C1C. The first kappa shape index (κ1) is 14.7. The van der Waals surface area contributed by atoms with Gasteiger partial charge in [-0.3, -0.25) is 0 Å². The van der Waals surface area contributed by atoms with E-state index in [2.05, 4.69) is 43.1 Å². The van der Waals surface area contributed by atoms with Crippen molar-refractivity contribution in [3.8, 4) is 0 Å². The Bertz CT molecular complexity index is 419. The van der Waals surface area contributed by atoms with E-state index in [9.17, 15) is 0 Å². The van der Waals surface area contributed by atoms with E-state index < -0.39 is 0 Å². The summed E-state index contributed by atoms with van der Waals surface area (Å²) in [5, 5.41) is 4.24. The molecule has 2 unspecified atom stereocenters. The first-order valence-corrected chi connectivity index (χ1v) is 7.77. The molecule has 0 amide bonds. The van der Waals surface area contributed by atoms with Crippen molar-refractivity contribution in [2.24, 2.45) is 5.92 Å². The standard InChI is InChI=1S/C16H25ClN2/c1-4-18-11-14-10-15(17)7-8-16(14)19-9-5-6-12(2)13(19)3/h7-8,10,12-13,18H,4-6,9,11H2,1-3H3. The van der Waals surface area contributed by atoms with E-state index in [0.29, 0.717) is 6.04 Å². The van der Waals surface area contributed by atoms with Gasteiger partial charge < -0.3 is 10.2 Å². The van der Waals surface area contributed by atoms with E-state index in [-0.39, 0.29) is 0 Å². The highest BCUT2D eigenvalue weighted by atomic mass is 35.5. The van der Waals surface area contributed by atoms with Gasteiger partial charge in [0, 0.05) is 29.8 Å². The lowest BCUT2D eigenvalue weighted by atomic mass is 9.91. The molecule has 1 aromatic carbocycles. The lowest BCUT2D eigenvalue weighted by Gasteiger charge is -2.40. The zero-order valence-corrected chi connectivity index (χ0v) is 13.0. The Morgan fingerprint density at radius 3 is 2.89 bits per heavy atom. The molecule has 1 heterocycles. The monoisotopic (exact) mass is 280 g/mol. The van der Waals surface area contributed by atoms with Gasteiger partial charge in [0.1, 0.15) is 0 Å². The molecule has 0 spiro atoms. The van der Waals surface area contributed by atoms with Crippen molar-refractivity contribution in [3.63, 3.8) is 0 Å². The van der Waals surface area contributed by atoms with Crippen molar-refractivity contribution in [2.45, 2.75) is 46.2 Å². The molecule has 1 aliphatic rings. The molecule has 0 saturated carbocycles. The summed E-state index contributed by atoms with van der Waals surface area (Å²) in [7, 11) is 0. The van der Waals surface area contributed by atoms with Gasteiger partial charge in [0.05, 0.1) is 0 Å². The maximum Gasteiger partial charge on any atom is 0.0415 e. The first-order chi connectivity index (χ1) is 9.13. The zero-order chi connectivity index (χ0) is 13.8. The van der Waals surface area contributed by atoms with Crippen LogP contribution in [0.4, 0.5) is 5.69 Å². The van der Waals surface area contributed by atoms with Crippen molar-refractivity contribution in [1.82, 2.24) is 5.32 Å². The number of halogens is 1. The van der Waals surface area contributed by atoms with Crippen LogP contribution in [0.5, 0.6) is 0 Å². The number of anilines is 1. The van der Waals surface area contributed by atoms with E-state index in [1.807, 2.05) is 6.07 Å². The van der Waals surface area contributed by atoms with Gasteiger partial charge >= 0.3 is 0 Å². The molecular formula is C16H25ClN2. The minimum absolute atomic E-state index is 0.607. The van der Waals surface area contributed by atoms with Crippen LogP contribution in [-0.4, -0.2) is 19.1 Å². The lowest BCUT2D eigenvalue weighted by Crippen LogP contribution is -2.43. The molecule has 106 valence electrons. The van der Waals surface area contributed by atoms with E-state index in [0.717, 1.165) is 30.6 Å². The van der Waals surface area contributed by atoms with Crippen molar-refractivity contribution < 1.29 is 0 Å². The maximum absolute atomic E-state index is 6.15. The molecule has 0 radical (unpaired) electrons. The second-order valence-electron chi connectivity index (χ2n) is 5.61. The first-order valence-electron chi connectivity index (χ1n) is 7.39. The van der Waals surface area contributed by atoms with Gasteiger partial charge in [-0.2, -0.15) is 0 Å². The van der Waals surface area contributed by atoms with Crippen LogP contribution in [-0.2, 0) is 6.54 Å². The number of nitrogens with zero attached hydrogens (tertiary/aromatic N) is 1. The zero-order valence-electron chi connectivity index (χ0n) is 12.2. The molecule has 1 aliphatic heterocycles. The average Bonchev–Trinajstić information content (AvgIpc) is 2.40. The number of piperidine rings is 1. The summed E-state index contributed by atoms with van der Waals surface area (Å²) in [5.74, 6) is 0.761. The molecule has 0 bridgehead atoms. The molecule has 0 aliphatic carbocycles. The van der Waals surface area contributed by atoms with E-state index in [1.54, 1.807) is 0 Å². The minimum Gasteiger partial charge on any atom is -0.368 e. The fourth-order valence-electron chi connectivity index (χ4n) is 2.91. The number of hydrogen-bond donors (Lipinski definition) is 1. The van der Waals surface area contributed by atoms with E-state index >= 15 is 0 Å². The summed E-state index contributed by atoms with van der Waals surface area (Å²) < 4.78 is 0. The third-order valence-corrected chi connectivity index (χ3v) is 4.53. The van der Waals surface area contributed by atoms with E-state index in [1.165, 1.54) is 24.1 Å². The lowest BCUT2D eigenvalue weighted by molar-refractivity contribution is 0.363. The van der Waals surface area contributed by atoms with Gasteiger partial charge in [-0.1, -0.05) is 25.4 Å². The van der Waals surface area contributed by atoms with Crippen LogP contribution in [0, 0.1) is 5.92 Å². The predicted molar refractivity (Wildman–Crippen MR) is 84.0 cm³/mol. The average molecular weight is 281 g/mol. The maximum atomic E-state index is 6.15. The molecular weight excluding hydrogens is 256 g/mol. The van der Waals surface area contributed by atoms with Crippen molar-refractivity contribution >= 4 is 17.3 Å². The second kappa shape index (κ2) is 6.62. The summed E-state index contributed by atoms with van der Waals surface area (Å²) in [4.78, 5) is 2.55. The summed E-state index contributed by atoms with van der Waals surface area (Å²) in [5.41, 5.74) is 2.67. The third kappa shape index (κ3) is 3.43. The van der Waals surface area contributed by atoms with Crippen LogP contribution in [0.1, 0.15) is 39.2 Å². The Balaban J connectivity index is 2.26. The quantitative estimate of drug-likeness (QED) is 0.894. The Morgan fingerprint density at radius 1 is 1.37 bits per heavy atom. The highest BCUT2D eigenvalue weighted by Crippen LogP contribution is 2.32. The number of rotatable bonds is 4. The number of nitrogens with one attached hydrogen (secondary N) is 1. The van der Waals surface area contributed by atoms with Crippen LogP contribution < -0.4 is 10.2 Å². The molecule has 0 aromatic heterocycles. The summed E-state index contributed by atoms with van der Waals surface area (Å²) in [6.07, 6.45) is 2.63. The summed E-state index contributed by atoms with van der Waals surface area (Å²) >= 11 is 6.15. The highest BCUT2D eigenvalue weighted by molar-refractivity contribution is 6.30. The molecule has 1 saturated heterocycles. The van der Waals surface area contributed by atoms with Gasteiger partial charge in [-0.15, -0.1) is 0 Å².